The van der Waals surface area contributed by atoms with E-state index in [9.17, 15) is 14.9 Å². The fourth-order valence-corrected chi connectivity index (χ4v) is 7.03. The van der Waals surface area contributed by atoms with Gasteiger partial charge in [-0.3, -0.25) is 14.6 Å². The van der Waals surface area contributed by atoms with E-state index in [0.717, 1.165) is 12.8 Å². The first kappa shape index (κ1) is 24.1. The molecular weight excluding hydrogens is 458 g/mol. The maximum absolute atomic E-state index is 14.0. The monoisotopic (exact) mass is 491 g/mol. The molecule has 2 amide bonds. The first-order valence-corrected chi connectivity index (χ1v) is 15.3. The molecule has 0 spiro atoms. The number of fused-ring (bicyclic) bond motifs is 6. The van der Waals surface area contributed by atoms with Crippen molar-refractivity contribution in [1.29, 1.82) is 5.26 Å². The molecule has 2 aromatic rings. The number of aromatic nitrogens is 1. The van der Waals surface area contributed by atoms with Crippen LogP contribution >= 0.6 is 0 Å². The second-order valence-corrected chi connectivity index (χ2v) is 16.8. The number of carbonyl (C=O) groups is 2. The van der Waals surface area contributed by atoms with E-state index in [1.54, 1.807) is 24.4 Å². The summed E-state index contributed by atoms with van der Waals surface area (Å²) in [5, 5.41) is 10.2. The molecule has 4 heterocycles. The molecule has 35 heavy (non-hydrogen) atoms. The van der Waals surface area contributed by atoms with Crippen LogP contribution in [0.2, 0.25) is 18.1 Å². The van der Waals surface area contributed by atoms with E-state index in [-0.39, 0.29) is 16.9 Å². The standard InChI is InChI=1S/C27H33N3O4Si/c1-25(2,3)35(5,6)33-15-13-27-12-11-26(4,34-27)20-21(27)24(32)30(23(20)31)19-10-9-17(16-28)22-18(19)8-7-14-29-22/h7-10,14,20-21H,11-13,15H2,1-6H3/t20-,21+,26-,27-/m0/s1. The molecule has 4 atom stereocenters. The summed E-state index contributed by atoms with van der Waals surface area (Å²) in [6.07, 6.45) is 3.70. The van der Waals surface area contributed by atoms with Crippen LogP contribution in [-0.2, 0) is 18.8 Å². The summed E-state index contributed by atoms with van der Waals surface area (Å²) < 4.78 is 13.0. The Bertz CT molecular complexity index is 1280. The number of ether oxygens (including phenoxy) is 1. The average molecular weight is 492 g/mol. The van der Waals surface area contributed by atoms with Crippen LogP contribution in [0.1, 0.15) is 52.5 Å². The molecule has 0 unspecified atom stereocenters. The zero-order chi connectivity index (χ0) is 25.4. The van der Waals surface area contributed by atoms with Gasteiger partial charge in [0.1, 0.15) is 6.07 Å². The predicted octanol–water partition coefficient (Wildman–Crippen LogP) is 4.95. The number of pyridine rings is 1. The Morgan fingerprint density at radius 1 is 1.20 bits per heavy atom. The van der Waals surface area contributed by atoms with Crippen molar-refractivity contribution in [3.8, 4) is 6.07 Å². The topological polar surface area (TPSA) is 92.5 Å². The van der Waals surface area contributed by atoms with Crippen molar-refractivity contribution in [2.75, 3.05) is 11.5 Å². The summed E-state index contributed by atoms with van der Waals surface area (Å²) in [5.41, 5.74) is 0.0479. The highest BCUT2D eigenvalue weighted by Gasteiger charge is 2.73. The van der Waals surface area contributed by atoms with Gasteiger partial charge in [-0.15, -0.1) is 0 Å². The van der Waals surface area contributed by atoms with Crippen molar-refractivity contribution >= 4 is 36.7 Å². The summed E-state index contributed by atoms with van der Waals surface area (Å²) in [4.78, 5) is 33.5. The van der Waals surface area contributed by atoms with Gasteiger partial charge >= 0.3 is 0 Å². The molecule has 1 aromatic carbocycles. The maximum Gasteiger partial charge on any atom is 0.240 e. The molecule has 0 aliphatic carbocycles. The van der Waals surface area contributed by atoms with Crippen molar-refractivity contribution in [2.45, 2.75) is 76.3 Å². The predicted molar refractivity (Wildman–Crippen MR) is 135 cm³/mol. The molecule has 7 nitrogen and oxygen atoms in total. The molecule has 0 N–H and O–H groups in total. The highest BCUT2D eigenvalue weighted by molar-refractivity contribution is 6.74. The fourth-order valence-electron chi connectivity index (χ4n) is 5.99. The molecule has 8 heteroatoms. The van der Waals surface area contributed by atoms with Crippen molar-refractivity contribution in [3.63, 3.8) is 0 Å². The van der Waals surface area contributed by atoms with Crippen LogP contribution in [0.25, 0.3) is 10.9 Å². The Hall–Kier alpha value is -2.60. The van der Waals surface area contributed by atoms with Crippen LogP contribution in [0.15, 0.2) is 30.5 Å². The van der Waals surface area contributed by atoms with Crippen molar-refractivity contribution < 1.29 is 18.8 Å². The number of anilines is 1. The van der Waals surface area contributed by atoms with E-state index in [2.05, 4.69) is 44.9 Å². The third-order valence-corrected chi connectivity index (χ3v) is 13.5. The zero-order valence-electron chi connectivity index (χ0n) is 21.3. The van der Waals surface area contributed by atoms with Gasteiger partial charge < -0.3 is 9.16 Å². The highest BCUT2D eigenvalue weighted by Crippen LogP contribution is 2.62. The lowest BCUT2D eigenvalue weighted by Gasteiger charge is -2.38. The average Bonchev–Trinajstić information content (AvgIpc) is 3.37. The normalized spacial score (nSPS) is 30.3. The summed E-state index contributed by atoms with van der Waals surface area (Å²) >= 11 is 0. The van der Waals surface area contributed by atoms with E-state index in [4.69, 9.17) is 9.16 Å². The minimum atomic E-state index is -1.95. The maximum atomic E-state index is 14.0. The number of rotatable bonds is 5. The Balaban J connectivity index is 1.49. The number of nitriles is 1. The Labute approximate surface area is 207 Å². The van der Waals surface area contributed by atoms with Gasteiger partial charge in [0, 0.05) is 18.2 Å². The van der Waals surface area contributed by atoms with Gasteiger partial charge in [-0.1, -0.05) is 20.8 Å². The Kier molecular flexibility index (Phi) is 5.30. The molecule has 3 fully saturated rings. The van der Waals surface area contributed by atoms with Crippen LogP contribution in [0.5, 0.6) is 0 Å². The van der Waals surface area contributed by atoms with Crippen LogP contribution in [0, 0.1) is 23.2 Å². The smallest absolute Gasteiger partial charge is 0.240 e. The Morgan fingerprint density at radius 2 is 1.91 bits per heavy atom. The second-order valence-electron chi connectivity index (χ2n) is 11.9. The summed E-state index contributed by atoms with van der Waals surface area (Å²) in [5.74, 6) is -1.48. The van der Waals surface area contributed by atoms with E-state index >= 15 is 0 Å². The minimum absolute atomic E-state index is 0.0918. The van der Waals surface area contributed by atoms with Gasteiger partial charge in [0.15, 0.2) is 8.32 Å². The molecule has 1 aromatic heterocycles. The molecule has 184 valence electrons. The third kappa shape index (κ3) is 3.40. The van der Waals surface area contributed by atoms with Crippen LogP contribution in [0.4, 0.5) is 5.69 Å². The first-order chi connectivity index (χ1) is 16.4. The molecule has 2 bridgehead atoms. The number of hydrogen-bond acceptors (Lipinski definition) is 6. The number of carbonyl (C=O) groups excluding carboxylic acids is 2. The highest BCUT2D eigenvalue weighted by atomic mass is 28.4. The molecule has 5 rings (SSSR count). The number of nitrogens with zero attached hydrogens (tertiary/aromatic N) is 3. The van der Waals surface area contributed by atoms with Crippen molar-refractivity contribution in [3.05, 3.63) is 36.0 Å². The minimum Gasteiger partial charge on any atom is -0.417 e. The van der Waals surface area contributed by atoms with Crippen LogP contribution in [-0.4, -0.2) is 42.9 Å². The van der Waals surface area contributed by atoms with Gasteiger partial charge in [0.2, 0.25) is 11.8 Å². The lowest BCUT2D eigenvalue weighted by atomic mass is 9.67. The largest absolute Gasteiger partial charge is 0.417 e. The van der Waals surface area contributed by atoms with Crippen LogP contribution < -0.4 is 4.90 Å². The molecule has 0 saturated carbocycles. The Morgan fingerprint density at radius 3 is 2.60 bits per heavy atom. The quantitative estimate of drug-likeness (QED) is 0.434. The molecular formula is C27H33N3O4Si. The zero-order valence-corrected chi connectivity index (χ0v) is 22.3. The van der Waals surface area contributed by atoms with E-state index in [0.29, 0.717) is 35.2 Å². The lowest BCUT2D eigenvalue weighted by molar-refractivity contribution is -0.131. The first-order valence-electron chi connectivity index (χ1n) is 12.4. The summed E-state index contributed by atoms with van der Waals surface area (Å²) in [7, 11) is -1.95. The van der Waals surface area contributed by atoms with E-state index in [1.165, 1.54) is 4.90 Å². The van der Waals surface area contributed by atoms with Crippen LogP contribution in [0.3, 0.4) is 0 Å². The van der Waals surface area contributed by atoms with Gasteiger partial charge in [-0.2, -0.15) is 5.26 Å². The molecule has 3 saturated heterocycles. The SMILES string of the molecule is CC(C)(C)[Si](C)(C)OCC[C@]12CC[C@](C)(O1)[C@@H]1C(=O)N(c3ccc(C#N)c4ncccc34)C(=O)[C@@H]12. The van der Waals surface area contributed by atoms with Crippen molar-refractivity contribution in [1.82, 2.24) is 4.98 Å². The van der Waals surface area contributed by atoms with Gasteiger partial charge in [-0.05, 0) is 68.6 Å². The number of imide groups is 1. The summed E-state index contributed by atoms with van der Waals surface area (Å²) in [6.45, 7) is 13.6. The van der Waals surface area contributed by atoms with Gasteiger partial charge in [0.05, 0.1) is 39.8 Å². The molecule has 3 aliphatic heterocycles. The second kappa shape index (κ2) is 7.70. The number of amides is 2. The fraction of sp³-hybridized carbons (Fsp3) is 0.556. The molecule has 0 radical (unpaired) electrons. The lowest BCUT2D eigenvalue weighted by Crippen LogP contribution is -2.45. The van der Waals surface area contributed by atoms with Gasteiger partial charge in [-0.25, -0.2) is 4.90 Å². The number of benzene rings is 1. The number of hydrogen-bond donors (Lipinski definition) is 0. The third-order valence-electron chi connectivity index (χ3n) is 8.91. The van der Waals surface area contributed by atoms with E-state index < -0.39 is 31.4 Å². The van der Waals surface area contributed by atoms with E-state index in [1.807, 2.05) is 13.0 Å². The van der Waals surface area contributed by atoms with Crippen molar-refractivity contribution in [2.24, 2.45) is 11.8 Å². The summed E-state index contributed by atoms with van der Waals surface area (Å²) in [6, 6.07) is 9.04. The molecule has 3 aliphatic rings. The van der Waals surface area contributed by atoms with Gasteiger partial charge in [0.25, 0.3) is 0 Å².